The Hall–Kier alpha value is -1.62. The van der Waals surface area contributed by atoms with Gasteiger partial charge in [0.05, 0.1) is 0 Å². The zero-order valence-corrected chi connectivity index (χ0v) is 19.5. The molecule has 1 aliphatic heterocycles. The zero-order chi connectivity index (χ0) is 21.0. The maximum atomic E-state index is 6.48. The second-order valence-electron chi connectivity index (χ2n) is 8.37. The maximum absolute atomic E-state index is 6.48. The number of piperidine rings is 1. The minimum atomic E-state index is 0.412. The maximum Gasteiger partial charge on any atom is 0.173 e. The van der Waals surface area contributed by atoms with Crippen molar-refractivity contribution in [3.8, 4) is 0 Å². The molecular formula is C24H32ClN3S. The number of nitrogens with one attached hydrogen (secondary N) is 1. The smallest absolute Gasteiger partial charge is 0.173 e. The molecule has 3 rings (SSSR count). The lowest BCUT2D eigenvalue weighted by Crippen LogP contribution is -2.47. The molecular weight excluding hydrogens is 398 g/mol. The van der Waals surface area contributed by atoms with Gasteiger partial charge in [-0.15, -0.1) is 0 Å². The highest BCUT2D eigenvalue weighted by Crippen LogP contribution is 2.29. The number of nitrogens with zero attached hydrogens (tertiary/aromatic N) is 2. The van der Waals surface area contributed by atoms with Gasteiger partial charge < -0.3 is 15.1 Å². The van der Waals surface area contributed by atoms with E-state index in [1.54, 1.807) is 0 Å². The molecule has 1 aliphatic rings. The van der Waals surface area contributed by atoms with Gasteiger partial charge in [-0.25, -0.2) is 0 Å². The molecule has 1 heterocycles. The van der Waals surface area contributed by atoms with E-state index in [-0.39, 0.29) is 0 Å². The minimum Gasteiger partial charge on any atom is -0.342 e. The molecule has 0 aliphatic carbocycles. The molecule has 1 fully saturated rings. The average Bonchev–Trinajstić information content (AvgIpc) is 2.68. The molecule has 2 aromatic carbocycles. The number of anilines is 1. The van der Waals surface area contributed by atoms with Crippen molar-refractivity contribution in [2.45, 2.75) is 52.1 Å². The van der Waals surface area contributed by atoms with Crippen molar-refractivity contribution in [2.75, 3.05) is 25.5 Å². The van der Waals surface area contributed by atoms with Crippen LogP contribution in [0.4, 0.5) is 5.69 Å². The first-order valence-corrected chi connectivity index (χ1v) is 11.2. The van der Waals surface area contributed by atoms with Crippen molar-refractivity contribution in [2.24, 2.45) is 0 Å². The van der Waals surface area contributed by atoms with Crippen LogP contribution in [0.2, 0.25) is 5.02 Å². The van der Waals surface area contributed by atoms with Crippen LogP contribution in [-0.2, 0) is 6.54 Å². The van der Waals surface area contributed by atoms with Gasteiger partial charge in [-0.3, -0.25) is 0 Å². The quantitative estimate of drug-likeness (QED) is 0.581. The van der Waals surface area contributed by atoms with Crippen LogP contribution in [0, 0.1) is 6.92 Å². The van der Waals surface area contributed by atoms with Gasteiger partial charge in [0, 0.05) is 23.3 Å². The van der Waals surface area contributed by atoms with Crippen molar-refractivity contribution in [3.63, 3.8) is 0 Å². The largest absolute Gasteiger partial charge is 0.342 e. The summed E-state index contributed by atoms with van der Waals surface area (Å²) < 4.78 is 0. The normalized spacial score (nSPS) is 15.5. The van der Waals surface area contributed by atoms with Gasteiger partial charge in [0.1, 0.15) is 0 Å². The van der Waals surface area contributed by atoms with E-state index in [9.17, 15) is 0 Å². The fourth-order valence-electron chi connectivity index (χ4n) is 4.23. The summed E-state index contributed by atoms with van der Waals surface area (Å²) in [5, 5.41) is 5.16. The van der Waals surface area contributed by atoms with Crippen LogP contribution in [0.15, 0.2) is 42.5 Å². The van der Waals surface area contributed by atoms with E-state index in [1.807, 2.05) is 18.2 Å². The van der Waals surface area contributed by atoms with E-state index in [4.69, 9.17) is 23.8 Å². The SMILES string of the molecule is Cc1cccc(NC(=S)N(Cc2ccccc2Cl)C2CCN(C)CC2)c1C(C)C. The lowest BCUT2D eigenvalue weighted by molar-refractivity contribution is 0.173. The Morgan fingerprint density at radius 3 is 2.52 bits per heavy atom. The third-order valence-electron chi connectivity index (χ3n) is 5.83. The molecule has 0 unspecified atom stereocenters. The summed E-state index contributed by atoms with van der Waals surface area (Å²) in [5.41, 5.74) is 4.85. The highest BCUT2D eigenvalue weighted by atomic mass is 35.5. The predicted octanol–water partition coefficient (Wildman–Crippen LogP) is 6.07. The first-order valence-electron chi connectivity index (χ1n) is 10.5. The monoisotopic (exact) mass is 429 g/mol. The van der Waals surface area contributed by atoms with Crippen LogP contribution < -0.4 is 5.32 Å². The molecule has 0 amide bonds. The standard InChI is InChI=1S/C24H32ClN3S/c1-17(2)23-18(3)8-7-11-22(23)26-24(29)28(20-12-14-27(4)15-13-20)16-19-9-5-6-10-21(19)25/h5-11,17,20H,12-16H2,1-4H3,(H,26,29). The van der Waals surface area contributed by atoms with Crippen LogP contribution in [0.3, 0.4) is 0 Å². The fourth-order valence-corrected chi connectivity index (χ4v) is 4.75. The van der Waals surface area contributed by atoms with Crippen LogP contribution in [0.25, 0.3) is 0 Å². The summed E-state index contributed by atoms with van der Waals surface area (Å²) in [6.45, 7) is 9.54. The fraction of sp³-hybridized carbons (Fsp3) is 0.458. The van der Waals surface area contributed by atoms with E-state index >= 15 is 0 Å². The molecule has 0 bridgehead atoms. The average molecular weight is 430 g/mol. The van der Waals surface area contributed by atoms with Crippen molar-refractivity contribution in [3.05, 3.63) is 64.2 Å². The number of hydrogen-bond acceptors (Lipinski definition) is 2. The number of benzene rings is 2. The van der Waals surface area contributed by atoms with Gasteiger partial charge in [-0.05, 0) is 86.9 Å². The Balaban J connectivity index is 1.86. The molecule has 0 aromatic heterocycles. The number of aryl methyl sites for hydroxylation is 1. The van der Waals surface area contributed by atoms with Crippen molar-refractivity contribution in [1.82, 2.24) is 9.80 Å². The van der Waals surface area contributed by atoms with Gasteiger partial charge in [0.25, 0.3) is 0 Å². The molecule has 0 atom stereocenters. The van der Waals surface area contributed by atoms with Crippen molar-refractivity contribution in [1.29, 1.82) is 0 Å². The summed E-state index contributed by atoms with van der Waals surface area (Å²) in [6.07, 6.45) is 2.21. The summed E-state index contributed by atoms with van der Waals surface area (Å²) in [5.74, 6) is 0.432. The van der Waals surface area contributed by atoms with E-state index in [1.165, 1.54) is 11.1 Å². The van der Waals surface area contributed by atoms with Gasteiger partial charge in [-0.2, -0.15) is 0 Å². The molecule has 29 heavy (non-hydrogen) atoms. The predicted molar refractivity (Wildman–Crippen MR) is 129 cm³/mol. The molecule has 1 N–H and O–H groups in total. The number of likely N-dealkylation sites (tertiary alicyclic amines) is 1. The first kappa shape index (κ1) is 22.1. The second-order valence-corrected chi connectivity index (χ2v) is 9.17. The van der Waals surface area contributed by atoms with Gasteiger partial charge >= 0.3 is 0 Å². The van der Waals surface area contributed by atoms with Gasteiger partial charge in [-0.1, -0.05) is 55.8 Å². The van der Waals surface area contributed by atoms with Gasteiger partial charge in [0.15, 0.2) is 5.11 Å². The molecule has 2 aromatic rings. The lowest BCUT2D eigenvalue weighted by atomic mass is 9.96. The first-order chi connectivity index (χ1) is 13.9. The zero-order valence-electron chi connectivity index (χ0n) is 17.9. The topological polar surface area (TPSA) is 18.5 Å². The molecule has 0 saturated carbocycles. The van der Waals surface area contributed by atoms with Crippen molar-refractivity contribution < 1.29 is 0 Å². The summed E-state index contributed by atoms with van der Waals surface area (Å²) in [4.78, 5) is 4.73. The Bertz CT molecular complexity index is 844. The van der Waals surface area contributed by atoms with Crippen LogP contribution in [0.1, 0.15) is 49.3 Å². The Kier molecular flexibility index (Phi) is 7.55. The summed E-state index contributed by atoms with van der Waals surface area (Å²) in [7, 11) is 2.19. The van der Waals surface area contributed by atoms with E-state index in [0.717, 1.165) is 53.9 Å². The van der Waals surface area contributed by atoms with Crippen LogP contribution >= 0.6 is 23.8 Å². The number of thiocarbonyl (C=S) groups is 1. The number of halogens is 1. The van der Waals surface area contributed by atoms with Crippen LogP contribution in [0.5, 0.6) is 0 Å². The summed E-state index contributed by atoms with van der Waals surface area (Å²) >= 11 is 12.4. The summed E-state index contributed by atoms with van der Waals surface area (Å²) in [6, 6.07) is 14.9. The van der Waals surface area contributed by atoms with Gasteiger partial charge in [0.2, 0.25) is 0 Å². The highest BCUT2D eigenvalue weighted by molar-refractivity contribution is 7.80. The molecule has 3 nitrogen and oxygen atoms in total. The third-order valence-corrected chi connectivity index (χ3v) is 6.54. The number of hydrogen-bond donors (Lipinski definition) is 1. The van der Waals surface area contributed by atoms with Crippen molar-refractivity contribution >= 4 is 34.6 Å². The molecule has 1 saturated heterocycles. The second kappa shape index (κ2) is 9.92. The minimum absolute atomic E-state index is 0.412. The molecule has 5 heteroatoms. The Morgan fingerprint density at radius 1 is 1.17 bits per heavy atom. The lowest BCUT2D eigenvalue weighted by Gasteiger charge is -2.39. The Morgan fingerprint density at radius 2 is 1.86 bits per heavy atom. The molecule has 156 valence electrons. The molecule has 0 radical (unpaired) electrons. The molecule has 0 spiro atoms. The van der Waals surface area contributed by atoms with Crippen LogP contribution in [-0.4, -0.2) is 41.1 Å². The highest BCUT2D eigenvalue weighted by Gasteiger charge is 2.26. The number of rotatable bonds is 5. The third kappa shape index (κ3) is 5.50. The van der Waals surface area contributed by atoms with E-state index in [2.05, 4.69) is 67.2 Å². The van der Waals surface area contributed by atoms with E-state index < -0.39 is 0 Å². The van der Waals surface area contributed by atoms with E-state index in [0.29, 0.717) is 12.0 Å². The Labute approximate surface area is 186 Å².